The van der Waals surface area contributed by atoms with Crippen LogP contribution in [0.3, 0.4) is 0 Å². The minimum Gasteiger partial charge on any atom is -0.463 e. The van der Waals surface area contributed by atoms with E-state index in [-0.39, 0.29) is 18.1 Å². The summed E-state index contributed by atoms with van der Waals surface area (Å²) in [5.41, 5.74) is 0.716. The summed E-state index contributed by atoms with van der Waals surface area (Å²) in [7, 11) is 0. The van der Waals surface area contributed by atoms with E-state index in [0.29, 0.717) is 17.3 Å². The van der Waals surface area contributed by atoms with Crippen LogP contribution in [0.4, 0.5) is 4.79 Å². The number of nitrogens with one attached hydrogen (secondary N) is 1. The van der Waals surface area contributed by atoms with Crippen molar-refractivity contribution in [3.63, 3.8) is 0 Å². The Hall–Kier alpha value is -1.53. The number of ether oxygens (including phenoxy) is 6. The zero-order valence-corrected chi connectivity index (χ0v) is 30.7. The van der Waals surface area contributed by atoms with Crippen molar-refractivity contribution in [2.75, 3.05) is 13.2 Å². The summed E-state index contributed by atoms with van der Waals surface area (Å²) in [5.74, 6) is 0.776. The molecule has 1 aliphatic heterocycles. The average molecular weight is 739 g/mol. The number of fused-ring (bicyclic) bond motifs is 5. The highest BCUT2D eigenvalue weighted by molar-refractivity contribution is 6.67. The van der Waals surface area contributed by atoms with Crippen LogP contribution in [0.5, 0.6) is 0 Å². The molecule has 272 valence electrons. The predicted molar refractivity (Wildman–Crippen MR) is 176 cm³/mol. The van der Waals surface area contributed by atoms with Crippen LogP contribution in [-0.2, 0) is 42.8 Å². The first-order chi connectivity index (χ1) is 22.5. The molecular weight excluding hydrogens is 689 g/mol. The van der Waals surface area contributed by atoms with Gasteiger partial charge >= 0.3 is 24.0 Å². The molecule has 11 nitrogen and oxygen atoms in total. The van der Waals surface area contributed by atoms with Crippen LogP contribution in [0, 0.1) is 34.5 Å². The Balaban J connectivity index is 1.37. The lowest BCUT2D eigenvalue weighted by Gasteiger charge is -2.60. The van der Waals surface area contributed by atoms with Crippen molar-refractivity contribution >= 4 is 58.8 Å². The molecule has 1 heterocycles. The van der Waals surface area contributed by atoms with Gasteiger partial charge in [0.25, 0.3) is 0 Å². The van der Waals surface area contributed by atoms with Crippen molar-refractivity contribution in [2.24, 2.45) is 34.5 Å². The fraction of sp³-hybridized carbons (Fsp3) is 0.882. The van der Waals surface area contributed by atoms with Crippen molar-refractivity contribution in [2.45, 2.75) is 139 Å². The van der Waals surface area contributed by atoms with Crippen LogP contribution in [0.2, 0.25) is 0 Å². The van der Waals surface area contributed by atoms with E-state index in [1.54, 1.807) is 0 Å². The van der Waals surface area contributed by atoms with E-state index in [0.717, 1.165) is 37.5 Å². The fourth-order valence-electron chi connectivity index (χ4n) is 10.0. The maximum absolute atomic E-state index is 13.0. The molecule has 1 saturated heterocycles. The molecule has 0 aromatic carbocycles. The molecule has 1 amide bonds. The van der Waals surface area contributed by atoms with Crippen LogP contribution in [0.25, 0.3) is 0 Å². The quantitative estimate of drug-likeness (QED) is 0.129. The number of hydrogen-bond donors (Lipinski definition) is 1. The second-order valence-electron chi connectivity index (χ2n) is 15.1. The van der Waals surface area contributed by atoms with E-state index in [9.17, 15) is 19.2 Å². The summed E-state index contributed by atoms with van der Waals surface area (Å²) in [6.07, 6.45) is 5.57. The number of alkyl halides is 3. The molecule has 0 spiro atoms. The maximum atomic E-state index is 13.0. The lowest BCUT2D eigenvalue weighted by molar-refractivity contribution is -0.293. The maximum Gasteiger partial charge on any atom is 0.407 e. The van der Waals surface area contributed by atoms with E-state index < -0.39 is 65.0 Å². The third-order valence-electron chi connectivity index (χ3n) is 12.1. The van der Waals surface area contributed by atoms with Gasteiger partial charge in [0.2, 0.25) is 3.79 Å². The van der Waals surface area contributed by atoms with Crippen LogP contribution in [0.15, 0.2) is 0 Å². The van der Waals surface area contributed by atoms with Crippen LogP contribution in [-0.4, -0.2) is 77.8 Å². The molecule has 4 aliphatic carbocycles. The van der Waals surface area contributed by atoms with Gasteiger partial charge in [-0.15, -0.1) is 0 Å². The number of halogens is 3. The standard InChI is InChI=1S/C34H50Cl3NO10/c1-18(39)43-16-26-28(45-19(2)40)29(46-20(3)41)27(38-31(42)44-17-34(35,36)37)30(48-26)47-22-10-14-33(5)21(15-22)8-9-23-24-7-6-12-32(24,4)13-11-25(23)33/h21-30H,6-17H2,1-5H3,(H,38,42)/t21?,22-,23-,24-,25-,26+,27+,28+,29+,30?,32-,33-/m0/s1. The van der Waals surface area contributed by atoms with Gasteiger partial charge in [-0.05, 0) is 92.3 Å². The summed E-state index contributed by atoms with van der Waals surface area (Å²) in [4.78, 5) is 49.3. The van der Waals surface area contributed by atoms with Gasteiger partial charge in [0, 0.05) is 20.8 Å². The number of alkyl carbamates (subject to hydrolysis) is 1. The minimum atomic E-state index is -1.87. The molecule has 14 heteroatoms. The SMILES string of the molecule is CC(=O)OC[C@H]1OC(O[C@H]2CC[C@@]3(C)C(CC[C@H]4[C@@H]5CCC[C@@]5(C)CC[C@@H]43)C2)[C@H](NC(=O)OCC(Cl)(Cl)Cl)[C@@H](OC(C)=O)[C@@H]1OC(C)=O. The van der Waals surface area contributed by atoms with Crippen molar-refractivity contribution < 1.29 is 47.6 Å². The third-order valence-corrected chi connectivity index (χ3v) is 12.4. The molecule has 0 aromatic heterocycles. The molecule has 48 heavy (non-hydrogen) atoms. The van der Waals surface area contributed by atoms with E-state index >= 15 is 0 Å². The number of rotatable bonds is 8. The topological polar surface area (TPSA) is 136 Å². The molecule has 5 rings (SSSR count). The third kappa shape index (κ3) is 8.49. The number of carbonyl (C=O) groups is 4. The van der Waals surface area contributed by atoms with Gasteiger partial charge < -0.3 is 33.7 Å². The zero-order valence-electron chi connectivity index (χ0n) is 28.5. The lowest BCUT2D eigenvalue weighted by Crippen LogP contribution is -2.67. The second kappa shape index (κ2) is 15.0. The van der Waals surface area contributed by atoms with Gasteiger partial charge in [0.15, 0.2) is 18.5 Å². The smallest absolute Gasteiger partial charge is 0.407 e. The first kappa shape index (κ1) is 37.7. The highest BCUT2D eigenvalue weighted by atomic mass is 35.6. The first-order valence-electron chi connectivity index (χ1n) is 17.3. The molecule has 1 N–H and O–H groups in total. The number of esters is 3. The molecule has 5 fully saturated rings. The van der Waals surface area contributed by atoms with Gasteiger partial charge in [-0.1, -0.05) is 55.1 Å². The van der Waals surface area contributed by atoms with Gasteiger partial charge in [-0.3, -0.25) is 14.4 Å². The number of carbonyl (C=O) groups excluding carboxylic acids is 4. The normalized spacial score (nSPS) is 40.8. The van der Waals surface area contributed by atoms with Crippen molar-refractivity contribution in [3.8, 4) is 0 Å². The molecule has 4 saturated carbocycles. The van der Waals surface area contributed by atoms with E-state index in [2.05, 4.69) is 19.2 Å². The second-order valence-corrected chi connectivity index (χ2v) is 17.6. The Morgan fingerprint density at radius 2 is 1.54 bits per heavy atom. The highest BCUT2D eigenvalue weighted by Gasteiger charge is 2.59. The Bertz CT molecular complexity index is 1220. The predicted octanol–water partition coefficient (Wildman–Crippen LogP) is 6.42. The monoisotopic (exact) mass is 737 g/mol. The largest absolute Gasteiger partial charge is 0.463 e. The Labute approximate surface area is 298 Å². The lowest BCUT2D eigenvalue weighted by atomic mass is 9.45. The molecular formula is C34H50Cl3NO10. The number of hydrogen-bond acceptors (Lipinski definition) is 10. The van der Waals surface area contributed by atoms with Crippen LogP contribution >= 0.6 is 34.8 Å². The van der Waals surface area contributed by atoms with Gasteiger partial charge in [-0.25, -0.2) is 4.79 Å². The van der Waals surface area contributed by atoms with Crippen molar-refractivity contribution in [3.05, 3.63) is 0 Å². The van der Waals surface area contributed by atoms with Crippen LogP contribution in [0.1, 0.15) is 98.8 Å². The summed E-state index contributed by atoms with van der Waals surface area (Å²) in [5, 5.41) is 2.64. The Morgan fingerprint density at radius 1 is 0.833 bits per heavy atom. The molecule has 0 aromatic rings. The molecule has 0 bridgehead atoms. The zero-order chi connectivity index (χ0) is 35.0. The molecule has 5 aliphatic rings. The number of amides is 1. The first-order valence-corrected chi connectivity index (χ1v) is 18.4. The summed E-state index contributed by atoms with van der Waals surface area (Å²) >= 11 is 17.4. The Kier molecular flexibility index (Phi) is 11.8. The molecule has 2 unspecified atom stereocenters. The Morgan fingerprint density at radius 3 is 2.21 bits per heavy atom. The summed E-state index contributed by atoms with van der Waals surface area (Å²) in [6, 6.07) is -1.20. The summed E-state index contributed by atoms with van der Waals surface area (Å²) < 4.78 is 32.7. The molecule has 0 radical (unpaired) electrons. The van der Waals surface area contributed by atoms with Gasteiger partial charge in [0.05, 0.1) is 6.10 Å². The fourth-order valence-corrected chi connectivity index (χ4v) is 10.2. The highest BCUT2D eigenvalue weighted by Crippen LogP contribution is 2.66. The van der Waals surface area contributed by atoms with E-state index in [1.807, 2.05) is 0 Å². The van der Waals surface area contributed by atoms with Crippen molar-refractivity contribution in [1.29, 1.82) is 0 Å². The minimum absolute atomic E-state index is 0.220. The van der Waals surface area contributed by atoms with Crippen molar-refractivity contribution in [1.82, 2.24) is 5.32 Å². The van der Waals surface area contributed by atoms with Gasteiger partial charge in [-0.2, -0.15) is 0 Å². The summed E-state index contributed by atoms with van der Waals surface area (Å²) in [6.45, 7) is 7.73. The van der Waals surface area contributed by atoms with E-state index in [4.69, 9.17) is 63.2 Å². The average Bonchev–Trinajstić information content (AvgIpc) is 3.39. The molecule has 12 atom stereocenters. The van der Waals surface area contributed by atoms with E-state index in [1.165, 1.54) is 59.3 Å². The van der Waals surface area contributed by atoms with Crippen LogP contribution < -0.4 is 5.32 Å². The van der Waals surface area contributed by atoms with Gasteiger partial charge in [0.1, 0.15) is 25.4 Å².